The Balaban J connectivity index is 1.35. The van der Waals surface area contributed by atoms with Crippen molar-refractivity contribution in [3.8, 4) is 0 Å². The fraction of sp³-hybridized carbons (Fsp3) is 0.520. The fourth-order valence-electron chi connectivity index (χ4n) is 4.97. The molecule has 4 nitrogen and oxygen atoms in total. The van der Waals surface area contributed by atoms with Crippen LogP contribution in [0.4, 0.5) is 11.5 Å². The number of thiocarbonyl (C=S) groups is 1. The number of hydrogen-bond acceptors (Lipinski definition) is 3. The molecule has 1 aromatic carbocycles. The maximum atomic E-state index is 6.13. The molecule has 1 aliphatic heterocycles. The Bertz CT molecular complexity index is 839. The van der Waals surface area contributed by atoms with Crippen LogP contribution in [0.3, 0.4) is 0 Å². The summed E-state index contributed by atoms with van der Waals surface area (Å²) in [6.07, 6.45) is 13.2. The summed E-state index contributed by atoms with van der Waals surface area (Å²) in [5.41, 5.74) is 2.40. The first kappa shape index (κ1) is 22.3. The van der Waals surface area contributed by atoms with Crippen LogP contribution in [0.15, 0.2) is 42.6 Å². The van der Waals surface area contributed by atoms with Crippen molar-refractivity contribution in [2.45, 2.75) is 63.2 Å². The number of halogens is 1. The molecule has 1 saturated carbocycles. The van der Waals surface area contributed by atoms with E-state index in [0.717, 1.165) is 36.2 Å². The lowest BCUT2D eigenvalue weighted by molar-refractivity contribution is 0.292. The maximum Gasteiger partial charge on any atom is 0.170 e. The van der Waals surface area contributed by atoms with Gasteiger partial charge in [-0.25, -0.2) is 4.98 Å². The summed E-state index contributed by atoms with van der Waals surface area (Å²) in [5, 5.41) is 8.25. The van der Waals surface area contributed by atoms with Gasteiger partial charge in [-0.15, -0.1) is 0 Å². The third-order valence-electron chi connectivity index (χ3n) is 6.79. The van der Waals surface area contributed by atoms with E-state index in [-0.39, 0.29) is 5.41 Å². The van der Waals surface area contributed by atoms with Gasteiger partial charge in [-0.05, 0) is 67.7 Å². The van der Waals surface area contributed by atoms with Crippen LogP contribution in [0.5, 0.6) is 0 Å². The molecule has 166 valence electrons. The summed E-state index contributed by atoms with van der Waals surface area (Å²) < 4.78 is 0. The number of benzene rings is 1. The number of aromatic nitrogens is 1. The number of nitrogens with one attached hydrogen (secondary N) is 2. The molecule has 0 amide bonds. The number of hydrogen-bond donors (Lipinski definition) is 2. The van der Waals surface area contributed by atoms with E-state index in [1.807, 2.05) is 18.3 Å². The number of anilines is 2. The van der Waals surface area contributed by atoms with Gasteiger partial charge in [-0.2, -0.15) is 0 Å². The molecular formula is C25H33ClN4S. The van der Waals surface area contributed by atoms with Crippen LogP contribution in [-0.4, -0.2) is 29.7 Å². The summed E-state index contributed by atoms with van der Waals surface area (Å²) in [4.78, 5) is 7.08. The van der Waals surface area contributed by atoms with Gasteiger partial charge in [0.25, 0.3) is 0 Å². The minimum Gasteiger partial charge on any atom is -0.362 e. The molecule has 6 heteroatoms. The lowest BCUT2D eigenvalue weighted by Gasteiger charge is -2.38. The average Bonchev–Trinajstić information content (AvgIpc) is 3.09. The summed E-state index contributed by atoms with van der Waals surface area (Å²) in [5.74, 6) is 1.07. The second-order valence-corrected chi connectivity index (χ2v) is 9.81. The lowest BCUT2D eigenvalue weighted by Crippen LogP contribution is -2.43. The molecule has 0 radical (unpaired) electrons. The van der Waals surface area contributed by atoms with E-state index in [1.165, 1.54) is 63.4 Å². The Morgan fingerprint density at radius 3 is 2.26 bits per heavy atom. The lowest BCUT2D eigenvalue weighted by atomic mass is 9.69. The van der Waals surface area contributed by atoms with E-state index < -0.39 is 0 Å². The van der Waals surface area contributed by atoms with Gasteiger partial charge in [0.15, 0.2) is 5.11 Å². The van der Waals surface area contributed by atoms with Gasteiger partial charge in [-0.3, -0.25) is 0 Å². The van der Waals surface area contributed by atoms with Gasteiger partial charge in [0.05, 0.1) is 11.9 Å². The fourth-order valence-corrected chi connectivity index (χ4v) is 5.29. The van der Waals surface area contributed by atoms with Crippen molar-refractivity contribution >= 4 is 40.4 Å². The van der Waals surface area contributed by atoms with Gasteiger partial charge >= 0.3 is 0 Å². The predicted octanol–water partition coefficient (Wildman–Crippen LogP) is 6.30. The van der Waals surface area contributed by atoms with Gasteiger partial charge in [0.2, 0.25) is 0 Å². The smallest absolute Gasteiger partial charge is 0.170 e. The summed E-state index contributed by atoms with van der Waals surface area (Å²) in [6, 6.07) is 12.5. The van der Waals surface area contributed by atoms with Crippen molar-refractivity contribution in [2.24, 2.45) is 0 Å². The van der Waals surface area contributed by atoms with Crippen molar-refractivity contribution in [1.82, 2.24) is 10.3 Å². The van der Waals surface area contributed by atoms with Crippen LogP contribution in [0.1, 0.15) is 63.4 Å². The Morgan fingerprint density at radius 1 is 0.935 bits per heavy atom. The average molecular weight is 457 g/mol. The van der Waals surface area contributed by atoms with Crippen LogP contribution in [0.25, 0.3) is 0 Å². The van der Waals surface area contributed by atoms with Crippen LogP contribution in [-0.2, 0) is 5.41 Å². The zero-order valence-electron chi connectivity index (χ0n) is 18.2. The zero-order valence-corrected chi connectivity index (χ0v) is 19.8. The molecule has 2 aliphatic rings. The molecule has 2 fully saturated rings. The van der Waals surface area contributed by atoms with E-state index in [4.69, 9.17) is 23.8 Å². The van der Waals surface area contributed by atoms with Gasteiger partial charge in [0.1, 0.15) is 5.82 Å². The molecule has 1 aliphatic carbocycles. The Labute approximate surface area is 196 Å². The van der Waals surface area contributed by atoms with E-state index >= 15 is 0 Å². The molecule has 0 spiro atoms. The second-order valence-electron chi connectivity index (χ2n) is 8.96. The topological polar surface area (TPSA) is 40.2 Å². The quantitative estimate of drug-likeness (QED) is 0.516. The van der Waals surface area contributed by atoms with Crippen LogP contribution < -0.4 is 15.5 Å². The van der Waals surface area contributed by atoms with Crippen molar-refractivity contribution in [1.29, 1.82) is 0 Å². The van der Waals surface area contributed by atoms with E-state index in [2.05, 4.69) is 44.8 Å². The van der Waals surface area contributed by atoms with E-state index in [0.29, 0.717) is 5.11 Å². The highest BCUT2D eigenvalue weighted by Gasteiger charge is 2.33. The first-order chi connectivity index (χ1) is 15.1. The highest BCUT2D eigenvalue weighted by atomic mass is 35.5. The monoisotopic (exact) mass is 456 g/mol. The molecule has 31 heavy (non-hydrogen) atoms. The minimum atomic E-state index is 0.115. The van der Waals surface area contributed by atoms with Crippen molar-refractivity contribution in [3.63, 3.8) is 0 Å². The first-order valence-electron chi connectivity index (χ1n) is 11.7. The number of pyridine rings is 1. The van der Waals surface area contributed by atoms with Crippen molar-refractivity contribution < 1.29 is 0 Å². The summed E-state index contributed by atoms with van der Waals surface area (Å²) in [7, 11) is 0. The zero-order chi connectivity index (χ0) is 21.5. The van der Waals surface area contributed by atoms with Crippen LogP contribution in [0.2, 0.25) is 5.02 Å². The Morgan fingerprint density at radius 2 is 1.61 bits per heavy atom. The summed E-state index contributed by atoms with van der Waals surface area (Å²) in [6.45, 7) is 3.04. The Hall–Kier alpha value is -1.85. The molecule has 1 aromatic heterocycles. The Kier molecular flexibility index (Phi) is 7.67. The van der Waals surface area contributed by atoms with Crippen molar-refractivity contribution in [3.05, 3.63) is 53.2 Å². The molecule has 0 atom stereocenters. The molecule has 2 aromatic rings. The summed E-state index contributed by atoms with van der Waals surface area (Å²) >= 11 is 11.7. The number of rotatable bonds is 5. The third-order valence-corrected chi connectivity index (χ3v) is 7.29. The van der Waals surface area contributed by atoms with E-state index in [1.54, 1.807) is 0 Å². The molecule has 0 unspecified atom stereocenters. The minimum absolute atomic E-state index is 0.115. The highest BCUT2D eigenvalue weighted by molar-refractivity contribution is 7.80. The second kappa shape index (κ2) is 10.6. The van der Waals surface area contributed by atoms with Gasteiger partial charge in [-0.1, -0.05) is 55.8 Å². The molecule has 4 rings (SSSR count). The third kappa shape index (κ3) is 5.89. The maximum absolute atomic E-state index is 6.13. The highest BCUT2D eigenvalue weighted by Crippen LogP contribution is 2.39. The predicted molar refractivity (Wildman–Crippen MR) is 135 cm³/mol. The van der Waals surface area contributed by atoms with Crippen LogP contribution >= 0.6 is 23.8 Å². The van der Waals surface area contributed by atoms with Crippen LogP contribution in [0, 0.1) is 0 Å². The number of nitrogens with zero attached hydrogens (tertiary/aromatic N) is 2. The molecule has 0 bridgehead atoms. The molecule has 1 saturated heterocycles. The molecule has 2 heterocycles. The molecular weight excluding hydrogens is 424 g/mol. The SMILES string of the molecule is S=C(NCC1(c2ccc(Cl)cc2)CCCCC1)Nc1ccc(N2CCCCCC2)nc1. The normalized spacial score (nSPS) is 18.8. The molecule has 2 N–H and O–H groups in total. The first-order valence-corrected chi connectivity index (χ1v) is 12.5. The standard InChI is InChI=1S/C25H33ClN4S/c26-21-10-8-20(9-11-21)25(14-4-3-5-15-25)19-28-24(31)29-22-12-13-23(27-18-22)30-16-6-1-2-7-17-30/h8-13,18H,1-7,14-17,19H2,(H2,28,29,31). The van der Waals surface area contributed by atoms with E-state index in [9.17, 15) is 0 Å². The largest absolute Gasteiger partial charge is 0.362 e. The van der Waals surface area contributed by atoms with Gasteiger partial charge < -0.3 is 15.5 Å². The van der Waals surface area contributed by atoms with Crippen molar-refractivity contribution in [2.75, 3.05) is 29.9 Å². The van der Waals surface area contributed by atoms with Gasteiger partial charge in [0, 0.05) is 30.1 Å².